The summed E-state index contributed by atoms with van der Waals surface area (Å²) in [5.74, 6) is -0.820. The minimum atomic E-state index is -0.563. The van der Waals surface area contributed by atoms with E-state index >= 15 is 0 Å². The van der Waals surface area contributed by atoms with Gasteiger partial charge in [0.1, 0.15) is 5.75 Å². The van der Waals surface area contributed by atoms with E-state index in [9.17, 15) is 25.0 Å². The maximum absolute atomic E-state index is 12.8. The first-order chi connectivity index (χ1) is 14.4. The lowest BCUT2D eigenvalue weighted by atomic mass is 9.92. The number of unbranched alkanes of at least 4 members (excludes halogenated alkanes) is 5. The number of ether oxygens (including phenoxy) is 1. The largest absolute Gasteiger partial charge is 0.426 e. The van der Waals surface area contributed by atoms with Crippen LogP contribution in [-0.2, 0) is 4.79 Å². The van der Waals surface area contributed by atoms with Crippen LogP contribution in [-0.4, -0.2) is 15.8 Å². The Labute approximate surface area is 175 Å². The summed E-state index contributed by atoms with van der Waals surface area (Å²) < 4.78 is 5.44. The van der Waals surface area contributed by atoms with Crippen LogP contribution in [0.1, 0.15) is 63.4 Å². The highest BCUT2D eigenvalue weighted by molar-refractivity contribution is 5.80. The number of carbonyl (C=O) groups is 1. The highest BCUT2D eigenvalue weighted by atomic mass is 16.6. The predicted octanol–water partition coefficient (Wildman–Crippen LogP) is 5.94. The monoisotopic (exact) mass is 414 g/mol. The van der Waals surface area contributed by atoms with E-state index in [-0.39, 0.29) is 17.1 Å². The van der Waals surface area contributed by atoms with Crippen molar-refractivity contribution in [3.63, 3.8) is 0 Å². The number of benzene rings is 2. The maximum atomic E-state index is 12.8. The van der Waals surface area contributed by atoms with Crippen molar-refractivity contribution in [3.8, 4) is 5.75 Å². The average Bonchev–Trinajstić information content (AvgIpc) is 2.73. The van der Waals surface area contributed by atoms with E-state index < -0.39 is 21.7 Å². The Morgan fingerprint density at radius 2 is 1.33 bits per heavy atom. The highest BCUT2D eigenvalue weighted by Gasteiger charge is 2.23. The normalized spacial score (nSPS) is 11.6. The van der Waals surface area contributed by atoms with Gasteiger partial charge in [-0.2, -0.15) is 0 Å². The molecule has 0 saturated carbocycles. The molecule has 0 fully saturated rings. The number of rotatable bonds is 12. The molecule has 8 heteroatoms. The molecule has 2 rings (SSSR count). The summed E-state index contributed by atoms with van der Waals surface area (Å²) in [6, 6.07) is 11.2. The molecule has 0 N–H and O–H groups in total. The van der Waals surface area contributed by atoms with Crippen LogP contribution in [0.25, 0.3) is 0 Å². The standard InChI is InChI=1S/C22H26N2O6/c1-2-3-4-5-6-7-8-21(17-9-11-18(12-10-17)23(26)27)22(25)30-20-15-13-19(14-16-20)24(28)29/h9-16,21H,2-8H2,1H3. The lowest BCUT2D eigenvalue weighted by Crippen LogP contribution is -2.19. The quantitative estimate of drug-likeness (QED) is 0.140. The number of nitro benzene ring substituents is 2. The van der Waals surface area contributed by atoms with Gasteiger partial charge in [-0.05, 0) is 24.1 Å². The van der Waals surface area contributed by atoms with Crippen molar-refractivity contribution < 1.29 is 19.4 Å². The first-order valence-electron chi connectivity index (χ1n) is 10.1. The fourth-order valence-corrected chi connectivity index (χ4v) is 3.20. The van der Waals surface area contributed by atoms with E-state index in [4.69, 9.17) is 4.74 Å². The van der Waals surface area contributed by atoms with Crippen LogP contribution in [0.4, 0.5) is 11.4 Å². The Balaban J connectivity index is 2.09. The molecule has 1 unspecified atom stereocenters. The third-order valence-electron chi connectivity index (χ3n) is 4.90. The van der Waals surface area contributed by atoms with Crippen LogP contribution < -0.4 is 4.74 Å². The van der Waals surface area contributed by atoms with E-state index in [1.165, 1.54) is 42.8 Å². The summed E-state index contributed by atoms with van der Waals surface area (Å²) in [7, 11) is 0. The molecular formula is C22H26N2O6. The molecule has 0 spiro atoms. The zero-order chi connectivity index (χ0) is 21.9. The molecule has 2 aromatic rings. The summed E-state index contributed by atoms with van der Waals surface area (Å²) in [5, 5.41) is 21.7. The van der Waals surface area contributed by atoms with Gasteiger partial charge < -0.3 is 4.74 Å². The smallest absolute Gasteiger partial charge is 0.318 e. The Bertz CT molecular complexity index is 849. The Kier molecular flexibility index (Phi) is 8.93. The molecule has 0 aliphatic heterocycles. The van der Waals surface area contributed by atoms with Crippen molar-refractivity contribution in [3.05, 3.63) is 74.3 Å². The second-order valence-electron chi connectivity index (χ2n) is 7.13. The molecule has 30 heavy (non-hydrogen) atoms. The molecule has 0 bridgehead atoms. The summed E-state index contributed by atoms with van der Waals surface area (Å²) in [4.78, 5) is 33.5. The third-order valence-corrected chi connectivity index (χ3v) is 4.90. The van der Waals surface area contributed by atoms with E-state index in [1.807, 2.05) is 0 Å². The lowest BCUT2D eigenvalue weighted by molar-refractivity contribution is -0.385. The molecule has 0 heterocycles. The van der Waals surface area contributed by atoms with E-state index in [0.717, 1.165) is 32.1 Å². The van der Waals surface area contributed by atoms with Gasteiger partial charge in [-0.25, -0.2) is 0 Å². The second-order valence-corrected chi connectivity index (χ2v) is 7.13. The van der Waals surface area contributed by atoms with Gasteiger partial charge >= 0.3 is 5.97 Å². The van der Waals surface area contributed by atoms with Crippen molar-refractivity contribution in [1.82, 2.24) is 0 Å². The SMILES string of the molecule is CCCCCCCCC(C(=O)Oc1ccc([N+](=O)[O-])cc1)c1ccc([N+](=O)[O-])cc1. The number of hydrogen-bond donors (Lipinski definition) is 0. The summed E-state index contributed by atoms with van der Waals surface area (Å²) in [6.45, 7) is 2.15. The molecular weight excluding hydrogens is 388 g/mol. The molecule has 160 valence electrons. The number of esters is 1. The minimum absolute atomic E-state index is 0.0409. The van der Waals surface area contributed by atoms with Gasteiger partial charge in [0.05, 0.1) is 15.8 Å². The van der Waals surface area contributed by atoms with E-state index in [0.29, 0.717) is 12.0 Å². The van der Waals surface area contributed by atoms with Crippen molar-refractivity contribution >= 4 is 17.3 Å². The molecule has 0 radical (unpaired) electrons. The average molecular weight is 414 g/mol. The number of non-ortho nitro benzene ring substituents is 2. The van der Waals surface area contributed by atoms with Crippen LogP contribution in [0, 0.1) is 20.2 Å². The van der Waals surface area contributed by atoms with E-state index in [2.05, 4.69) is 6.92 Å². The summed E-state index contributed by atoms with van der Waals surface area (Å²) in [5.41, 5.74) is 0.524. The zero-order valence-electron chi connectivity index (χ0n) is 17.0. The van der Waals surface area contributed by atoms with Crippen LogP contribution in [0.5, 0.6) is 5.75 Å². The topological polar surface area (TPSA) is 113 Å². The zero-order valence-corrected chi connectivity index (χ0v) is 17.0. The molecule has 0 aliphatic rings. The van der Waals surface area contributed by atoms with E-state index in [1.54, 1.807) is 12.1 Å². The van der Waals surface area contributed by atoms with Crippen molar-refractivity contribution in [2.45, 2.75) is 57.8 Å². The predicted molar refractivity (Wildman–Crippen MR) is 113 cm³/mol. The molecule has 0 aromatic heterocycles. The van der Waals surface area contributed by atoms with Crippen LogP contribution >= 0.6 is 0 Å². The molecule has 0 saturated heterocycles. The van der Waals surface area contributed by atoms with Crippen molar-refractivity contribution in [2.75, 3.05) is 0 Å². The van der Waals surface area contributed by atoms with Crippen LogP contribution in [0.15, 0.2) is 48.5 Å². The molecule has 2 aromatic carbocycles. The van der Waals surface area contributed by atoms with Crippen LogP contribution in [0.3, 0.4) is 0 Å². The fourth-order valence-electron chi connectivity index (χ4n) is 3.20. The Hall–Kier alpha value is -3.29. The Morgan fingerprint density at radius 1 is 0.833 bits per heavy atom. The molecule has 1 atom stereocenters. The maximum Gasteiger partial charge on any atom is 0.318 e. The number of carbonyl (C=O) groups excluding carboxylic acids is 1. The third kappa shape index (κ3) is 6.95. The van der Waals surface area contributed by atoms with Crippen molar-refractivity contribution in [2.24, 2.45) is 0 Å². The number of nitrogens with zero attached hydrogens (tertiary/aromatic N) is 2. The molecule has 0 aliphatic carbocycles. The van der Waals surface area contributed by atoms with Crippen molar-refractivity contribution in [1.29, 1.82) is 0 Å². The first-order valence-corrected chi connectivity index (χ1v) is 10.1. The number of hydrogen-bond acceptors (Lipinski definition) is 6. The minimum Gasteiger partial charge on any atom is -0.426 e. The van der Waals surface area contributed by atoms with Gasteiger partial charge in [0, 0.05) is 24.3 Å². The van der Waals surface area contributed by atoms with Gasteiger partial charge in [-0.1, -0.05) is 57.6 Å². The summed E-state index contributed by atoms with van der Waals surface area (Å²) >= 11 is 0. The van der Waals surface area contributed by atoms with Gasteiger partial charge in [0.25, 0.3) is 11.4 Å². The van der Waals surface area contributed by atoms with Gasteiger partial charge in [0.2, 0.25) is 0 Å². The Morgan fingerprint density at radius 3 is 1.87 bits per heavy atom. The van der Waals surface area contributed by atoms with Crippen LogP contribution in [0.2, 0.25) is 0 Å². The van der Waals surface area contributed by atoms with Gasteiger partial charge in [-0.3, -0.25) is 25.0 Å². The second kappa shape index (κ2) is 11.6. The summed E-state index contributed by atoms with van der Waals surface area (Å²) in [6.07, 6.45) is 7.00. The fraction of sp³-hybridized carbons (Fsp3) is 0.409. The molecule has 8 nitrogen and oxygen atoms in total. The first kappa shape index (κ1) is 23.0. The lowest BCUT2D eigenvalue weighted by Gasteiger charge is -2.16. The highest BCUT2D eigenvalue weighted by Crippen LogP contribution is 2.28. The molecule has 0 amide bonds. The van der Waals surface area contributed by atoms with Gasteiger partial charge in [0.15, 0.2) is 0 Å². The number of nitro groups is 2. The van der Waals surface area contributed by atoms with Gasteiger partial charge in [-0.15, -0.1) is 0 Å².